The highest BCUT2D eigenvalue weighted by molar-refractivity contribution is 5.47. The number of anilines is 3. The first-order valence-corrected chi connectivity index (χ1v) is 4.93. The van der Waals surface area contributed by atoms with Crippen LogP contribution in [0.4, 0.5) is 17.8 Å². The molecule has 0 saturated carbocycles. The fourth-order valence-corrected chi connectivity index (χ4v) is 1.13. The Kier molecular flexibility index (Phi) is 2.34. The summed E-state index contributed by atoms with van der Waals surface area (Å²) in [5.41, 5.74) is 0. The minimum Gasteiger partial charge on any atom is -0.347 e. The quantitative estimate of drug-likeness (QED) is 0.642. The molecule has 82 valence electrons. The minimum atomic E-state index is 0.704. The van der Waals surface area contributed by atoms with Gasteiger partial charge in [0.2, 0.25) is 17.8 Å². The molecule has 6 nitrogen and oxygen atoms in total. The Bertz CT molecular complexity index is 301. The highest BCUT2D eigenvalue weighted by Gasteiger charge is 2.23. The van der Waals surface area contributed by atoms with Crippen LogP contribution in [0, 0.1) is 0 Å². The Morgan fingerprint density at radius 3 is 1.67 bits per heavy atom. The fraction of sp³-hybridized carbons (Fsp3) is 0.667. The normalized spacial score (nSPS) is 14.0. The van der Waals surface area contributed by atoms with Gasteiger partial charge in [-0.1, -0.05) is 0 Å². The second-order valence-electron chi connectivity index (χ2n) is 4.01. The van der Waals surface area contributed by atoms with Gasteiger partial charge in [-0.15, -0.1) is 0 Å². The summed E-state index contributed by atoms with van der Waals surface area (Å²) in [6, 6.07) is 0. The Morgan fingerprint density at radius 1 is 0.867 bits per heavy atom. The molecule has 0 aromatic carbocycles. The SMILES string of the molecule is CN(C)c1nc(N(C)C)nc(N2CC2)n1. The lowest BCUT2D eigenvalue weighted by Gasteiger charge is -2.16. The van der Waals surface area contributed by atoms with Crippen LogP contribution in [0.5, 0.6) is 0 Å². The van der Waals surface area contributed by atoms with E-state index in [-0.39, 0.29) is 0 Å². The molecule has 0 aliphatic carbocycles. The minimum absolute atomic E-state index is 0.704. The van der Waals surface area contributed by atoms with Crippen LogP contribution in [0.2, 0.25) is 0 Å². The van der Waals surface area contributed by atoms with Crippen molar-refractivity contribution in [2.75, 3.05) is 56.0 Å². The van der Waals surface area contributed by atoms with E-state index in [2.05, 4.69) is 19.9 Å². The lowest BCUT2D eigenvalue weighted by atomic mass is 10.7. The second kappa shape index (κ2) is 3.52. The summed E-state index contributed by atoms with van der Waals surface area (Å²) in [5, 5.41) is 0. The van der Waals surface area contributed by atoms with E-state index in [0.29, 0.717) is 11.9 Å². The molecule has 0 N–H and O–H groups in total. The maximum absolute atomic E-state index is 4.38. The summed E-state index contributed by atoms with van der Waals surface area (Å²) < 4.78 is 0. The molecular formula is C9H16N6. The average molecular weight is 208 g/mol. The van der Waals surface area contributed by atoms with E-state index in [0.717, 1.165) is 19.0 Å². The molecule has 0 spiro atoms. The number of rotatable bonds is 3. The van der Waals surface area contributed by atoms with Crippen molar-refractivity contribution in [1.82, 2.24) is 15.0 Å². The largest absolute Gasteiger partial charge is 0.347 e. The van der Waals surface area contributed by atoms with E-state index in [9.17, 15) is 0 Å². The molecule has 15 heavy (non-hydrogen) atoms. The van der Waals surface area contributed by atoms with Crippen LogP contribution in [0.1, 0.15) is 0 Å². The molecule has 0 amide bonds. The van der Waals surface area contributed by atoms with Gasteiger partial charge in [-0.25, -0.2) is 0 Å². The van der Waals surface area contributed by atoms with Gasteiger partial charge in [0.15, 0.2) is 0 Å². The zero-order valence-electron chi connectivity index (χ0n) is 9.60. The van der Waals surface area contributed by atoms with Gasteiger partial charge in [0.1, 0.15) is 0 Å². The van der Waals surface area contributed by atoms with Crippen LogP contribution in [-0.2, 0) is 0 Å². The maximum atomic E-state index is 4.38. The topological polar surface area (TPSA) is 48.2 Å². The standard InChI is InChI=1S/C9H16N6/c1-13(2)7-10-8(14(3)4)12-9(11-7)15-5-6-15/h5-6H2,1-4H3. The lowest BCUT2D eigenvalue weighted by molar-refractivity contribution is 0.909. The Hall–Kier alpha value is -1.59. The van der Waals surface area contributed by atoms with Gasteiger partial charge < -0.3 is 14.7 Å². The van der Waals surface area contributed by atoms with Gasteiger partial charge in [-0.05, 0) is 0 Å². The fourth-order valence-electron chi connectivity index (χ4n) is 1.13. The van der Waals surface area contributed by atoms with Gasteiger partial charge in [-0.3, -0.25) is 0 Å². The molecule has 2 rings (SSSR count). The van der Waals surface area contributed by atoms with Crippen molar-refractivity contribution in [2.45, 2.75) is 0 Å². The van der Waals surface area contributed by atoms with Gasteiger partial charge in [-0.2, -0.15) is 15.0 Å². The molecule has 1 aliphatic heterocycles. The van der Waals surface area contributed by atoms with Gasteiger partial charge >= 0.3 is 0 Å². The summed E-state index contributed by atoms with van der Waals surface area (Å²) in [7, 11) is 7.73. The first kappa shape index (κ1) is 9.95. The molecule has 0 radical (unpaired) electrons. The lowest BCUT2D eigenvalue weighted by Crippen LogP contribution is -2.19. The predicted octanol–water partition coefficient (Wildman–Crippen LogP) is -0.176. The van der Waals surface area contributed by atoms with Gasteiger partial charge in [0.25, 0.3) is 0 Å². The molecule has 0 atom stereocenters. The van der Waals surface area contributed by atoms with Gasteiger partial charge in [0.05, 0.1) is 0 Å². The molecule has 1 aliphatic rings. The molecular weight excluding hydrogens is 192 g/mol. The maximum Gasteiger partial charge on any atom is 0.232 e. The van der Waals surface area contributed by atoms with Crippen molar-refractivity contribution >= 4 is 17.8 Å². The average Bonchev–Trinajstić information content (AvgIpc) is 3.00. The molecule has 1 fully saturated rings. The summed E-state index contributed by atoms with van der Waals surface area (Å²) in [6.07, 6.45) is 0. The molecule has 1 aromatic rings. The first-order valence-electron chi connectivity index (χ1n) is 4.93. The summed E-state index contributed by atoms with van der Waals surface area (Å²) in [4.78, 5) is 19.0. The van der Waals surface area contributed by atoms with Crippen molar-refractivity contribution in [3.63, 3.8) is 0 Å². The van der Waals surface area contributed by atoms with Crippen molar-refractivity contribution in [2.24, 2.45) is 0 Å². The van der Waals surface area contributed by atoms with Crippen molar-refractivity contribution in [3.8, 4) is 0 Å². The van der Waals surface area contributed by atoms with Crippen molar-refractivity contribution in [1.29, 1.82) is 0 Å². The predicted molar refractivity (Wildman–Crippen MR) is 60.7 cm³/mol. The highest BCUT2D eigenvalue weighted by atomic mass is 15.4. The summed E-state index contributed by atoms with van der Waals surface area (Å²) >= 11 is 0. The van der Waals surface area contributed by atoms with Crippen molar-refractivity contribution < 1.29 is 0 Å². The third-order valence-corrected chi connectivity index (χ3v) is 2.13. The zero-order chi connectivity index (χ0) is 11.0. The second-order valence-corrected chi connectivity index (χ2v) is 4.01. The van der Waals surface area contributed by atoms with E-state index in [1.54, 1.807) is 0 Å². The van der Waals surface area contributed by atoms with E-state index in [1.165, 1.54) is 0 Å². The van der Waals surface area contributed by atoms with Gasteiger partial charge in [0, 0.05) is 41.3 Å². The zero-order valence-corrected chi connectivity index (χ0v) is 9.60. The highest BCUT2D eigenvalue weighted by Crippen LogP contribution is 2.20. The number of aromatic nitrogens is 3. The van der Waals surface area contributed by atoms with E-state index < -0.39 is 0 Å². The Balaban J connectivity index is 2.39. The molecule has 1 saturated heterocycles. The van der Waals surface area contributed by atoms with Crippen LogP contribution in [0.3, 0.4) is 0 Å². The van der Waals surface area contributed by atoms with Crippen LogP contribution in [0.25, 0.3) is 0 Å². The van der Waals surface area contributed by atoms with Crippen molar-refractivity contribution in [3.05, 3.63) is 0 Å². The van der Waals surface area contributed by atoms with E-state index in [1.807, 2.05) is 38.0 Å². The number of hydrogen-bond donors (Lipinski definition) is 0. The molecule has 0 bridgehead atoms. The van der Waals surface area contributed by atoms with Crippen LogP contribution in [-0.4, -0.2) is 56.2 Å². The Morgan fingerprint density at radius 2 is 1.33 bits per heavy atom. The Labute approximate surface area is 89.6 Å². The van der Waals surface area contributed by atoms with Crippen LogP contribution < -0.4 is 14.7 Å². The molecule has 1 aromatic heterocycles. The smallest absolute Gasteiger partial charge is 0.232 e. The van der Waals surface area contributed by atoms with E-state index in [4.69, 9.17) is 0 Å². The third kappa shape index (κ3) is 2.08. The van der Waals surface area contributed by atoms with Crippen LogP contribution in [0.15, 0.2) is 0 Å². The van der Waals surface area contributed by atoms with Crippen LogP contribution >= 0.6 is 0 Å². The third-order valence-electron chi connectivity index (χ3n) is 2.13. The van der Waals surface area contributed by atoms with E-state index >= 15 is 0 Å². The summed E-state index contributed by atoms with van der Waals surface area (Å²) in [5.74, 6) is 2.18. The first-order chi connectivity index (χ1) is 7.08. The summed E-state index contributed by atoms with van der Waals surface area (Å²) in [6.45, 7) is 2.09. The molecule has 6 heteroatoms. The monoisotopic (exact) mass is 208 g/mol. The molecule has 2 heterocycles. The number of hydrogen-bond acceptors (Lipinski definition) is 6. The molecule has 0 unspecified atom stereocenters. The number of nitrogens with zero attached hydrogens (tertiary/aromatic N) is 6.